The van der Waals surface area contributed by atoms with Gasteiger partial charge in [-0.2, -0.15) is 0 Å². The van der Waals surface area contributed by atoms with Crippen molar-refractivity contribution >= 4 is 5.91 Å². The van der Waals surface area contributed by atoms with Crippen LogP contribution in [0.3, 0.4) is 0 Å². The number of carbonyl (C=O) groups excluding carboxylic acids is 1. The van der Waals surface area contributed by atoms with Gasteiger partial charge in [-0.15, -0.1) is 0 Å². The van der Waals surface area contributed by atoms with Gasteiger partial charge in [0.05, 0.1) is 0 Å². The lowest BCUT2D eigenvalue weighted by Crippen LogP contribution is -2.41. The summed E-state index contributed by atoms with van der Waals surface area (Å²) >= 11 is 0. The summed E-state index contributed by atoms with van der Waals surface area (Å²) < 4.78 is 0. The Hall–Kier alpha value is -0.530. The lowest BCUT2D eigenvalue weighted by atomic mass is 10.1. The molecule has 0 aliphatic rings. The molecule has 1 amide bonds. The Labute approximate surface area is 70.6 Å². The standard InChI is InChI=1S/C7H15NO.C2H6/c1-6(9)8(5)7(2,3)4;1-2/h1-5H3;1-2H3. The average molecular weight is 159 g/mol. The Morgan fingerprint density at radius 2 is 1.45 bits per heavy atom. The molecule has 11 heavy (non-hydrogen) atoms. The van der Waals surface area contributed by atoms with Crippen molar-refractivity contribution in [1.82, 2.24) is 4.90 Å². The van der Waals surface area contributed by atoms with Gasteiger partial charge in [0, 0.05) is 19.5 Å². The van der Waals surface area contributed by atoms with Gasteiger partial charge in [0.1, 0.15) is 0 Å². The van der Waals surface area contributed by atoms with Crippen LogP contribution >= 0.6 is 0 Å². The molecular formula is C9H21NO. The third-order valence-corrected chi connectivity index (χ3v) is 1.48. The van der Waals surface area contributed by atoms with Crippen LogP contribution in [0.5, 0.6) is 0 Å². The van der Waals surface area contributed by atoms with Crippen molar-refractivity contribution in [1.29, 1.82) is 0 Å². The van der Waals surface area contributed by atoms with Crippen molar-refractivity contribution < 1.29 is 4.79 Å². The zero-order valence-electron chi connectivity index (χ0n) is 8.86. The van der Waals surface area contributed by atoms with Crippen molar-refractivity contribution in [3.05, 3.63) is 0 Å². The Kier molecular flexibility index (Phi) is 6.14. The molecule has 2 nitrogen and oxygen atoms in total. The van der Waals surface area contributed by atoms with Crippen LogP contribution in [-0.4, -0.2) is 23.4 Å². The first-order valence-corrected chi connectivity index (χ1v) is 4.10. The van der Waals surface area contributed by atoms with Gasteiger partial charge < -0.3 is 4.90 Å². The van der Waals surface area contributed by atoms with E-state index in [0.29, 0.717) is 0 Å². The molecule has 0 atom stereocenters. The molecule has 0 radical (unpaired) electrons. The third-order valence-electron chi connectivity index (χ3n) is 1.48. The van der Waals surface area contributed by atoms with Crippen molar-refractivity contribution in [3.63, 3.8) is 0 Å². The third kappa shape index (κ3) is 5.89. The second-order valence-electron chi connectivity index (χ2n) is 3.25. The van der Waals surface area contributed by atoms with E-state index in [-0.39, 0.29) is 11.4 Å². The predicted molar refractivity (Wildman–Crippen MR) is 49.5 cm³/mol. The number of amides is 1. The van der Waals surface area contributed by atoms with Gasteiger partial charge in [0.2, 0.25) is 5.91 Å². The maximum absolute atomic E-state index is 10.7. The van der Waals surface area contributed by atoms with Crippen LogP contribution < -0.4 is 0 Å². The summed E-state index contributed by atoms with van der Waals surface area (Å²) in [6.45, 7) is 11.6. The lowest BCUT2D eigenvalue weighted by Gasteiger charge is -2.30. The van der Waals surface area contributed by atoms with E-state index in [4.69, 9.17) is 0 Å². The summed E-state index contributed by atoms with van der Waals surface area (Å²) in [6.07, 6.45) is 0. The number of nitrogens with zero attached hydrogens (tertiary/aromatic N) is 1. The molecule has 0 aromatic heterocycles. The first kappa shape index (κ1) is 13.1. The van der Waals surface area contributed by atoms with Gasteiger partial charge in [-0.05, 0) is 20.8 Å². The SMILES string of the molecule is CC.CC(=O)N(C)C(C)(C)C. The highest BCUT2D eigenvalue weighted by Crippen LogP contribution is 2.09. The van der Waals surface area contributed by atoms with Gasteiger partial charge in [0.15, 0.2) is 0 Å². The number of carbonyl (C=O) groups is 1. The molecule has 0 rings (SSSR count). The second-order valence-corrected chi connectivity index (χ2v) is 3.25. The van der Waals surface area contributed by atoms with Crippen LogP contribution in [0.2, 0.25) is 0 Å². The molecule has 2 heteroatoms. The molecule has 0 spiro atoms. The zero-order valence-corrected chi connectivity index (χ0v) is 8.86. The van der Waals surface area contributed by atoms with E-state index in [1.807, 2.05) is 41.7 Å². The second kappa shape index (κ2) is 5.16. The normalized spacial score (nSPS) is 9.73. The minimum absolute atomic E-state index is 0.0359. The Morgan fingerprint density at radius 3 is 1.45 bits per heavy atom. The molecule has 0 heterocycles. The smallest absolute Gasteiger partial charge is 0.219 e. The van der Waals surface area contributed by atoms with Crippen molar-refractivity contribution in [2.45, 2.75) is 47.1 Å². The van der Waals surface area contributed by atoms with Gasteiger partial charge in [-0.3, -0.25) is 4.79 Å². The summed E-state index contributed by atoms with van der Waals surface area (Å²) in [7, 11) is 1.81. The van der Waals surface area contributed by atoms with E-state index in [9.17, 15) is 4.79 Å². The molecule has 0 N–H and O–H groups in total. The van der Waals surface area contributed by atoms with Crippen LogP contribution in [0.25, 0.3) is 0 Å². The van der Waals surface area contributed by atoms with Crippen LogP contribution in [0.4, 0.5) is 0 Å². The first-order valence-electron chi connectivity index (χ1n) is 4.10. The molecule has 0 aliphatic carbocycles. The monoisotopic (exact) mass is 159 g/mol. The summed E-state index contributed by atoms with van der Waals surface area (Å²) in [5.41, 5.74) is -0.0359. The Balaban J connectivity index is 0. The molecule has 68 valence electrons. The molecule has 0 fully saturated rings. The van der Waals surface area contributed by atoms with Gasteiger partial charge in [-0.1, -0.05) is 13.8 Å². The fourth-order valence-electron chi connectivity index (χ4n) is 0.472. The van der Waals surface area contributed by atoms with E-state index in [0.717, 1.165) is 0 Å². The lowest BCUT2D eigenvalue weighted by molar-refractivity contribution is -0.131. The summed E-state index contributed by atoms with van der Waals surface area (Å²) in [4.78, 5) is 12.4. The highest BCUT2D eigenvalue weighted by atomic mass is 16.2. The number of hydrogen-bond donors (Lipinski definition) is 0. The number of hydrogen-bond acceptors (Lipinski definition) is 1. The Bertz CT molecular complexity index is 113. The molecule has 0 saturated heterocycles. The van der Waals surface area contributed by atoms with E-state index in [2.05, 4.69) is 0 Å². The average Bonchev–Trinajstić information content (AvgIpc) is 1.89. The molecule has 0 aromatic rings. The van der Waals surface area contributed by atoms with Crippen LogP contribution in [0, 0.1) is 0 Å². The minimum Gasteiger partial charge on any atom is -0.341 e. The van der Waals surface area contributed by atoms with Crippen molar-refractivity contribution in [2.24, 2.45) is 0 Å². The van der Waals surface area contributed by atoms with Gasteiger partial charge in [-0.25, -0.2) is 0 Å². The molecule has 0 aromatic carbocycles. The largest absolute Gasteiger partial charge is 0.341 e. The molecule has 0 aliphatic heterocycles. The van der Waals surface area contributed by atoms with Gasteiger partial charge >= 0.3 is 0 Å². The molecule has 0 saturated carbocycles. The maximum atomic E-state index is 10.7. The quantitative estimate of drug-likeness (QED) is 0.531. The van der Waals surface area contributed by atoms with E-state index in [1.54, 1.807) is 11.8 Å². The molecular weight excluding hydrogens is 138 g/mol. The predicted octanol–water partition coefficient (Wildman–Crippen LogP) is 2.29. The fraction of sp³-hybridized carbons (Fsp3) is 0.889. The van der Waals surface area contributed by atoms with E-state index >= 15 is 0 Å². The number of rotatable bonds is 0. The van der Waals surface area contributed by atoms with Crippen LogP contribution in [0.15, 0.2) is 0 Å². The first-order chi connectivity index (χ1) is 4.85. The highest BCUT2D eigenvalue weighted by Gasteiger charge is 2.18. The topological polar surface area (TPSA) is 20.3 Å². The van der Waals surface area contributed by atoms with E-state index < -0.39 is 0 Å². The fourth-order valence-corrected chi connectivity index (χ4v) is 0.472. The summed E-state index contributed by atoms with van der Waals surface area (Å²) in [6, 6.07) is 0. The summed E-state index contributed by atoms with van der Waals surface area (Å²) in [5.74, 6) is 0.113. The van der Waals surface area contributed by atoms with Crippen molar-refractivity contribution in [3.8, 4) is 0 Å². The summed E-state index contributed by atoms with van der Waals surface area (Å²) in [5, 5.41) is 0. The zero-order chi connectivity index (χ0) is 9.65. The highest BCUT2D eigenvalue weighted by molar-refractivity contribution is 5.73. The maximum Gasteiger partial charge on any atom is 0.219 e. The molecule has 0 unspecified atom stereocenters. The van der Waals surface area contributed by atoms with Crippen LogP contribution in [-0.2, 0) is 4.79 Å². The minimum atomic E-state index is -0.0359. The van der Waals surface area contributed by atoms with Crippen LogP contribution in [0.1, 0.15) is 41.5 Å². The van der Waals surface area contributed by atoms with Gasteiger partial charge in [0.25, 0.3) is 0 Å². The Morgan fingerprint density at radius 1 is 1.18 bits per heavy atom. The molecule has 0 bridgehead atoms. The van der Waals surface area contributed by atoms with Crippen molar-refractivity contribution in [2.75, 3.05) is 7.05 Å². The van der Waals surface area contributed by atoms with E-state index in [1.165, 1.54) is 0 Å².